The van der Waals surface area contributed by atoms with E-state index in [2.05, 4.69) is 23.3 Å². The summed E-state index contributed by atoms with van der Waals surface area (Å²) in [6.07, 6.45) is 3.42. The smallest absolute Gasteiger partial charge is 0.111 e. The average molecular weight is 121 g/mol. The Kier molecular flexibility index (Phi) is 3.16. The highest BCUT2D eigenvalue weighted by Gasteiger charge is 1.91. The summed E-state index contributed by atoms with van der Waals surface area (Å²) in [5.74, 6) is 0. The van der Waals surface area contributed by atoms with Crippen LogP contribution in [0, 0.1) is 0 Å². The van der Waals surface area contributed by atoms with Crippen LogP contribution in [0.5, 0.6) is 0 Å². The highest BCUT2D eigenvalue weighted by Crippen LogP contribution is 1.94. The minimum atomic E-state index is 0.865. The molecule has 1 heterocycles. The summed E-state index contributed by atoms with van der Waals surface area (Å²) in [7, 11) is 2.27. The lowest BCUT2D eigenvalue weighted by molar-refractivity contribution is 0.931. The molecule has 9 heavy (non-hydrogen) atoms. The lowest BCUT2D eigenvalue weighted by Gasteiger charge is -1.89. The Morgan fingerprint density at radius 3 is 3.00 bits per heavy atom. The van der Waals surface area contributed by atoms with Crippen LogP contribution in [-0.4, -0.2) is 26.4 Å². The van der Waals surface area contributed by atoms with Crippen molar-refractivity contribution in [3.05, 3.63) is 0 Å². The molecule has 0 unspecified atom stereocenters. The molecule has 3 heteroatoms. The molecule has 1 aliphatic rings. The van der Waals surface area contributed by atoms with E-state index in [4.69, 9.17) is 0 Å². The van der Waals surface area contributed by atoms with Crippen LogP contribution in [0.3, 0.4) is 0 Å². The summed E-state index contributed by atoms with van der Waals surface area (Å²) >= 11 is 0. The Labute approximate surface area is 56.3 Å². The normalized spacial score (nSPS) is 19.6. The molecule has 1 radical (unpaired) electrons. The van der Waals surface area contributed by atoms with E-state index in [1.165, 1.54) is 6.32 Å². The molecule has 0 aliphatic carbocycles. The third kappa shape index (κ3) is 3.09. The molecule has 1 aliphatic heterocycles. The standard InChI is InChI=1S/C6H10BN2/c1-2-7-3-5-9-6-8-4-1/h1-5H2. The molecule has 0 atom stereocenters. The molecule has 47 valence electrons. The van der Waals surface area contributed by atoms with E-state index in [9.17, 15) is 0 Å². The van der Waals surface area contributed by atoms with Crippen molar-refractivity contribution in [1.82, 2.24) is 0 Å². The van der Waals surface area contributed by atoms with Crippen LogP contribution < -0.4 is 0 Å². The molecular formula is C6H10BN2. The van der Waals surface area contributed by atoms with E-state index in [-0.39, 0.29) is 0 Å². The number of hydrogen-bond acceptors (Lipinski definition) is 2. The molecule has 0 aromatic carbocycles. The number of nitrogens with zero attached hydrogens (tertiary/aromatic N) is 2. The molecule has 0 aromatic heterocycles. The van der Waals surface area contributed by atoms with Crippen molar-refractivity contribution in [3.8, 4) is 0 Å². The first-order valence-corrected chi connectivity index (χ1v) is 3.40. The van der Waals surface area contributed by atoms with E-state index in [0.29, 0.717) is 0 Å². The van der Waals surface area contributed by atoms with Crippen molar-refractivity contribution >= 4 is 13.3 Å². The fourth-order valence-corrected chi connectivity index (χ4v) is 0.765. The highest BCUT2D eigenvalue weighted by atomic mass is 14.8. The van der Waals surface area contributed by atoms with Gasteiger partial charge in [-0.3, -0.25) is 0 Å². The van der Waals surface area contributed by atoms with Gasteiger partial charge in [-0.25, -0.2) is 9.98 Å². The van der Waals surface area contributed by atoms with Gasteiger partial charge in [0.05, 0.1) is 6.01 Å². The zero-order valence-electron chi connectivity index (χ0n) is 5.51. The largest absolute Gasteiger partial charge is 0.226 e. The number of rotatable bonds is 0. The highest BCUT2D eigenvalue weighted by molar-refractivity contribution is 6.35. The van der Waals surface area contributed by atoms with Gasteiger partial charge in [-0.2, -0.15) is 0 Å². The van der Waals surface area contributed by atoms with Crippen molar-refractivity contribution in [1.29, 1.82) is 0 Å². The predicted octanol–water partition coefficient (Wildman–Crippen LogP) is 1.10. The molecule has 0 amide bonds. The zero-order valence-corrected chi connectivity index (χ0v) is 5.51. The minimum absolute atomic E-state index is 0.865. The third-order valence-electron chi connectivity index (χ3n) is 1.26. The summed E-state index contributed by atoms with van der Waals surface area (Å²) in [6, 6.07) is 2.66. The summed E-state index contributed by atoms with van der Waals surface area (Å²) in [5, 5.41) is 0. The lowest BCUT2D eigenvalue weighted by Crippen LogP contribution is -1.91. The van der Waals surface area contributed by atoms with Gasteiger partial charge < -0.3 is 0 Å². The zero-order chi connectivity index (χ0) is 6.36. The summed E-state index contributed by atoms with van der Waals surface area (Å²) in [5.41, 5.74) is 0. The van der Waals surface area contributed by atoms with Gasteiger partial charge in [0.2, 0.25) is 0 Å². The Hall–Kier alpha value is -0.555. The van der Waals surface area contributed by atoms with Crippen LogP contribution in [0.1, 0.15) is 6.42 Å². The van der Waals surface area contributed by atoms with Gasteiger partial charge in [-0.05, 0) is 6.42 Å². The second-order valence-electron chi connectivity index (χ2n) is 2.08. The van der Waals surface area contributed by atoms with Crippen LogP contribution in [-0.2, 0) is 0 Å². The van der Waals surface area contributed by atoms with Gasteiger partial charge in [0.1, 0.15) is 7.28 Å². The third-order valence-corrected chi connectivity index (χ3v) is 1.26. The van der Waals surface area contributed by atoms with Crippen molar-refractivity contribution in [2.24, 2.45) is 9.98 Å². The first-order chi connectivity index (χ1) is 4.50. The van der Waals surface area contributed by atoms with E-state index >= 15 is 0 Å². The monoisotopic (exact) mass is 121 g/mol. The Bertz CT molecular complexity index is 115. The van der Waals surface area contributed by atoms with E-state index in [1.807, 2.05) is 0 Å². The summed E-state index contributed by atoms with van der Waals surface area (Å²) < 4.78 is 0. The summed E-state index contributed by atoms with van der Waals surface area (Å²) in [4.78, 5) is 7.90. The van der Waals surface area contributed by atoms with Crippen LogP contribution >= 0.6 is 0 Å². The fourth-order valence-electron chi connectivity index (χ4n) is 0.765. The van der Waals surface area contributed by atoms with Crippen molar-refractivity contribution in [2.45, 2.75) is 19.1 Å². The quantitative estimate of drug-likeness (QED) is 0.429. The van der Waals surface area contributed by atoms with E-state index in [0.717, 1.165) is 25.8 Å². The van der Waals surface area contributed by atoms with Crippen molar-refractivity contribution in [3.63, 3.8) is 0 Å². The maximum Gasteiger partial charge on any atom is 0.111 e. The first kappa shape index (κ1) is 6.56. The Balaban J connectivity index is 2.29. The molecule has 0 N–H and O–H groups in total. The topological polar surface area (TPSA) is 24.7 Å². The maximum absolute atomic E-state index is 3.95. The van der Waals surface area contributed by atoms with Gasteiger partial charge in [-0.15, -0.1) is 0 Å². The van der Waals surface area contributed by atoms with Gasteiger partial charge >= 0.3 is 0 Å². The SMILES string of the molecule is [B]1CCCN=C=NCC1. The second-order valence-corrected chi connectivity index (χ2v) is 2.08. The van der Waals surface area contributed by atoms with Crippen molar-refractivity contribution in [2.75, 3.05) is 13.1 Å². The Morgan fingerprint density at radius 2 is 2.00 bits per heavy atom. The Morgan fingerprint density at radius 1 is 1.11 bits per heavy atom. The van der Waals surface area contributed by atoms with E-state index < -0.39 is 0 Å². The molecular weight excluding hydrogens is 111 g/mol. The fraction of sp³-hybridized carbons (Fsp3) is 0.833. The van der Waals surface area contributed by atoms with Crippen LogP contribution in [0.2, 0.25) is 12.6 Å². The van der Waals surface area contributed by atoms with Crippen LogP contribution in [0.15, 0.2) is 9.98 Å². The van der Waals surface area contributed by atoms with Gasteiger partial charge in [0.25, 0.3) is 0 Å². The predicted molar refractivity (Wildman–Crippen MR) is 39.6 cm³/mol. The molecule has 2 nitrogen and oxygen atoms in total. The number of hydrogen-bond donors (Lipinski definition) is 0. The molecule has 0 saturated carbocycles. The van der Waals surface area contributed by atoms with E-state index in [1.54, 1.807) is 0 Å². The molecule has 0 saturated heterocycles. The first-order valence-electron chi connectivity index (χ1n) is 3.40. The minimum Gasteiger partial charge on any atom is -0.226 e. The van der Waals surface area contributed by atoms with Gasteiger partial charge in [0.15, 0.2) is 0 Å². The molecule has 0 bridgehead atoms. The molecule has 0 spiro atoms. The van der Waals surface area contributed by atoms with Crippen molar-refractivity contribution < 1.29 is 0 Å². The van der Waals surface area contributed by atoms with Gasteiger partial charge in [-0.1, -0.05) is 12.6 Å². The molecule has 0 fully saturated rings. The lowest BCUT2D eigenvalue weighted by atomic mass is 9.70. The maximum atomic E-state index is 3.95. The molecule has 1 rings (SSSR count). The number of aliphatic imine (C=N–C) groups is 2. The van der Waals surface area contributed by atoms with Crippen LogP contribution in [0.25, 0.3) is 0 Å². The average Bonchev–Trinajstić information content (AvgIpc) is 2.00. The summed E-state index contributed by atoms with van der Waals surface area (Å²) in [6.45, 7) is 1.75. The molecule has 0 aromatic rings. The second kappa shape index (κ2) is 4.34. The van der Waals surface area contributed by atoms with Crippen LogP contribution in [0.4, 0.5) is 0 Å². The van der Waals surface area contributed by atoms with Gasteiger partial charge in [0, 0.05) is 13.1 Å².